The summed E-state index contributed by atoms with van der Waals surface area (Å²) in [7, 11) is 0. The van der Waals surface area contributed by atoms with E-state index in [9.17, 15) is 14.7 Å². The molecule has 1 atom stereocenters. The molecule has 1 aromatic heterocycles. The minimum Gasteiger partial charge on any atom is -0.507 e. The average Bonchev–Trinajstić information content (AvgIpc) is 3.09. The van der Waals surface area contributed by atoms with Crippen LogP contribution in [0.15, 0.2) is 97.4 Å². The summed E-state index contributed by atoms with van der Waals surface area (Å²) >= 11 is 0. The van der Waals surface area contributed by atoms with Crippen LogP contribution in [0, 0.1) is 0 Å². The van der Waals surface area contributed by atoms with E-state index < -0.39 is 17.7 Å². The van der Waals surface area contributed by atoms with Crippen LogP contribution < -0.4 is 4.74 Å². The highest BCUT2D eigenvalue weighted by Crippen LogP contribution is 2.40. The fourth-order valence-electron chi connectivity index (χ4n) is 3.73. The van der Waals surface area contributed by atoms with E-state index in [2.05, 4.69) is 11.6 Å². The van der Waals surface area contributed by atoms with Gasteiger partial charge in [0.05, 0.1) is 11.6 Å². The van der Waals surface area contributed by atoms with Crippen LogP contribution in [0.5, 0.6) is 5.75 Å². The van der Waals surface area contributed by atoms with Crippen molar-refractivity contribution in [3.05, 3.63) is 114 Å². The summed E-state index contributed by atoms with van der Waals surface area (Å²) in [5, 5.41) is 11.1. The molecule has 1 aliphatic heterocycles. The Morgan fingerprint density at radius 3 is 2.47 bits per heavy atom. The second-order valence-corrected chi connectivity index (χ2v) is 7.32. The summed E-state index contributed by atoms with van der Waals surface area (Å²) in [4.78, 5) is 31.6. The van der Waals surface area contributed by atoms with Crippen molar-refractivity contribution in [2.24, 2.45) is 0 Å². The van der Waals surface area contributed by atoms with E-state index in [4.69, 9.17) is 4.74 Å². The van der Waals surface area contributed by atoms with Gasteiger partial charge < -0.3 is 14.7 Å². The second kappa shape index (κ2) is 9.31. The summed E-state index contributed by atoms with van der Waals surface area (Å²) in [5.41, 5.74) is 2.02. The Morgan fingerprint density at radius 2 is 1.81 bits per heavy atom. The largest absolute Gasteiger partial charge is 0.507 e. The molecule has 0 spiro atoms. The number of nitrogens with zero attached hydrogens (tertiary/aromatic N) is 2. The molecule has 1 aliphatic rings. The summed E-state index contributed by atoms with van der Waals surface area (Å²) in [6.07, 6.45) is 4.94. The number of aliphatic hydroxyl groups is 1. The van der Waals surface area contributed by atoms with Gasteiger partial charge >= 0.3 is 0 Å². The van der Waals surface area contributed by atoms with Crippen LogP contribution >= 0.6 is 0 Å². The molecule has 6 nitrogen and oxygen atoms in total. The van der Waals surface area contributed by atoms with Crippen LogP contribution in [-0.2, 0) is 16.1 Å². The number of carbonyl (C=O) groups excluding carboxylic acids is 2. The third kappa shape index (κ3) is 4.16. The normalized spacial score (nSPS) is 17.4. The van der Waals surface area contributed by atoms with Crippen molar-refractivity contribution >= 4 is 17.4 Å². The topological polar surface area (TPSA) is 79.7 Å². The molecule has 1 saturated heterocycles. The molecule has 32 heavy (non-hydrogen) atoms. The van der Waals surface area contributed by atoms with Gasteiger partial charge in [0.2, 0.25) is 0 Å². The number of pyridine rings is 1. The first-order valence-corrected chi connectivity index (χ1v) is 10.2. The van der Waals surface area contributed by atoms with Crippen LogP contribution in [0.25, 0.3) is 5.76 Å². The van der Waals surface area contributed by atoms with E-state index in [1.165, 1.54) is 4.90 Å². The third-order valence-electron chi connectivity index (χ3n) is 5.23. The zero-order valence-electron chi connectivity index (χ0n) is 17.3. The van der Waals surface area contributed by atoms with Crippen LogP contribution in [-0.4, -0.2) is 33.3 Å². The highest BCUT2D eigenvalue weighted by Gasteiger charge is 2.46. The average molecular weight is 426 g/mol. The lowest BCUT2D eigenvalue weighted by Gasteiger charge is -2.25. The van der Waals surface area contributed by atoms with E-state index >= 15 is 0 Å². The van der Waals surface area contributed by atoms with Gasteiger partial charge in [0, 0.05) is 24.5 Å². The fourth-order valence-corrected chi connectivity index (χ4v) is 3.73. The summed E-state index contributed by atoms with van der Waals surface area (Å²) in [6, 6.07) is 18.8. The number of carbonyl (C=O) groups is 2. The molecule has 0 saturated carbocycles. The van der Waals surface area contributed by atoms with Crippen LogP contribution in [0.2, 0.25) is 0 Å². The van der Waals surface area contributed by atoms with Crippen molar-refractivity contribution in [1.29, 1.82) is 0 Å². The van der Waals surface area contributed by atoms with Crippen molar-refractivity contribution in [2.75, 3.05) is 6.61 Å². The van der Waals surface area contributed by atoms with Gasteiger partial charge in [0.1, 0.15) is 18.1 Å². The van der Waals surface area contributed by atoms with Crippen molar-refractivity contribution in [3.63, 3.8) is 0 Å². The quantitative estimate of drug-likeness (QED) is 0.264. The van der Waals surface area contributed by atoms with E-state index in [-0.39, 0.29) is 17.9 Å². The van der Waals surface area contributed by atoms with Gasteiger partial charge in [-0.1, -0.05) is 49.1 Å². The summed E-state index contributed by atoms with van der Waals surface area (Å²) in [5.74, 6) is -0.985. The maximum atomic E-state index is 13.1. The van der Waals surface area contributed by atoms with Gasteiger partial charge in [-0.05, 0) is 41.5 Å². The van der Waals surface area contributed by atoms with E-state index in [0.29, 0.717) is 17.9 Å². The zero-order valence-corrected chi connectivity index (χ0v) is 17.3. The van der Waals surface area contributed by atoms with Gasteiger partial charge in [-0.25, -0.2) is 0 Å². The molecule has 0 aliphatic carbocycles. The Bertz CT molecular complexity index is 1160. The summed E-state index contributed by atoms with van der Waals surface area (Å²) < 4.78 is 5.48. The first-order chi connectivity index (χ1) is 15.6. The molecule has 0 bridgehead atoms. The van der Waals surface area contributed by atoms with E-state index in [0.717, 1.165) is 11.1 Å². The molecule has 3 aromatic rings. The van der Waals surface area contributed by atoms with Crippen molar-refractivity contribution in [3.8, 4) is 5.75 Å². The summed E-state index contributed by atoms with van der Waals surface area (Å²) in [6.45, 7) is 4.17. The number of likely N-dealkylation sites (tertiary alicyclic amines) is 1. The molecular weight excluding hydrogens is 404 g/mol. The highest BCUT2D eigenvalue weighted by atomic mass is 16.5. The maximum Gasteiger partial charge on any atom is 0.295 e. The number of amides is 1. The standard InChI is InChI=1S/C26H22N2O4/c1-2-15-32-21-12-10-20(11-13-21)24(29)22-23(19-8-4-3-5-9-19)28(26(31)25(22)30)17-18-7-6-14-27-16-18/h2-14,16,23,29H,1,15,17H2/b24-22-. The van der Waals surface area contributed by atoms with Crippen LogP contribution in [0.1, 0.15) is 22.7 Å². The Balaban J connectivity index is 1.77. The minimum atomic E-state index is -0.716. The molecule has 4 rings (SSSR count). The van der Waals surface area contributed by atoms with Crippen molar-refractivity contribution in [2.45, 2.75) is 12.6 Å². The Morgan fingerprint density at radius 1 is 1.06 bits per heavy atom. The SMILES string of the molecule is C=CCOc1ccc(/C(O)=C2/C(=O)C(=O)N(Cc3cccnc3)C2c2ccccc2)cc1. The van der Waals surface area contributed by atoms with E-state index in [1.807, 2.05) is 36.4 Å². The lowest BCUT2D eigenvalue weighted by atomic mass is 9.95. The number of hydrogen-bond donors (Lipinski definition) is 1. The first-order valence-electron chi connectivity index (χ1n) is 10.2. The molecule has 2 aromatic carbocycles. The molecule has 1 unspecified atom stereocenters. The molecule has 1 fully saturated rings. The number of aliphatic hydroxyl groups excluding tert-OH is 1. The molecule has 1 N–H and O–H groups in total. The maximum absolute atomic E-state index is 13.1. The zero-order chi connectivity index (χ0) is 22.5. The van der Waals surface area contributed by atoms with Crippen LogP contribution in [0.4, 0.5) is 0 Å². The van der Waals surface area contributed by atoms with Crippen molar-refractivity contribution < 1.29 is 19.4 Å². The number of rotatable bonds is 7. The highest BCUT2D eigenvalue weighted by molar-refractivity contribution is 6.46. The monoisotopic (exact) mass is 426 g/mol. The van der Waals surface area contributed by atoms with E-state index in [1.54, 1.807) is 48.8 Å². The number of ketones is 1. The smallest absolute Gasteiger partial charge is 0.295 e. The Kier molecular flexibility index (Phi) is 6.12. The van der Waals surface area contributed by atoms with Gasteiger partial charge in [-0.15, -0.1) is 0 Å². The number of Topliss-reactive ketones (excluding diaryl/α,β-unsaturated/α-hetero) is 1. The minimum absolute atomic E-state index is 0.0600. The number of ether oxygens (including phenoxy) is 1. The molecule has 0 radical (unpaired) electrons. The predicted octanol–water partition coefficient (Wildman–Crippen LogP) is 4.27. The number of hydrogen-bond acceptors (Lipinski definition) is 5. The Hall–Kier alpha value is -4.19. The first kappa shape index (κ1) is 21.1. The van der Waals surface area contributed by atoms with Gasteiger partial charge in [-0.2, -0.15) is 0 Å². The lowest BCUT2D eigenvalue weighted by Crippen LogP contribution is -2.29. The van der Waals surface area contributed by atoms with Crippen LogP contribution in [0.3, 0.4) is 0 Å². The Labute approximate surface area is 186 Å². The van der Waals surface area contributed by atoms with Gasteiger partial charge in [-0.3, -0.25) is 14.6 Å². The number of aromatic nitrogens is 1. The fraction of sp³-hybridized carbons (Fsp3) is 0.115. The van der Waals surface area contributed by atoms with Crippen molar-refractivity contribution in [1.82, 2.24) is 9.88 Å². The second-order valence-electron chi connectivity index (χ2n) is 7.32. The van der Waals surface area contributed by atoms with Gasteiger partial charge in [0.25, 0.3) is 11.7 Å². The van der Waals surface area contributed by atoms with Gasteiger partial charge in [0.15, 0.2) is 0 Å². The molecule has 2 heterocycles. The molecule has 160 valence electrons. The lowest BCUT2D eigenvalue weighted by molar-refractivity contribution is -0.140. The molecule has 1 amide bonds. The third-order valence-corrected chi connectivity index (χ3v) is 5.23. The molecular formula is C26H22N2O4. The number of benzene rings is 2. The molecule has 6 heteroatoms. The predicted molar refractivity (Wildman–Crippen MR) is 121 cm³/mol.